The molecule has 9 heteroatoms. The van der Waals surface area contributed by atoms with Crippen molar-refractivity contribution >= 4 is 34.7 Å². The molecule has 3 amide bonds. The Morgan fingerprint density at radius 2 is 1.97 bits per heavy atom. The van der Waals surface area contributed by atoms with Gasteiger partial charge in [-0.25, -0.2) is 4.90 Å². The number of anilines is 1. The summed E-state index contributed by atoms with van der Waals surface area (Å²) in [7, 11) is 2.87. The summed E-state index contributed by atoms with van der Waals surface area (Å²) in [6.45, 7) is -0.00533. The van der Waals surface area contributed by atoms with E-state index in [1.807, 2.05) is 6.07 Å². The van der Waals surface area contributed by atoms with E-state index >= 15 is 0 Å². The van der Waals surface area contributed by atoms with E-state index in [0.29, 0.717) is 16.1 Å². The lowest BCUT2D eigenvalue weighted by atomic mass is 10.2. The molecular formula is C20H19N3O5S. The summed E-state index contributed by atoms with van der Waals surface area (Å²) in [6, 6.07) is 10.6. The van der Waals surface area contributed by atoms with Crippen molar-refractivity contribution in [2.45, 2.75) is 18.8 Å². The van der Waals surface area contributed by atoms with Crippen molar-refractivity contribution in [3.63, 3.8) is 0 Å². The Balaban J connectivity index is 1.91. The van der Waals surface area contributed by atoms with Gasteiger partial charge in [-0.3, -0.25) is 14.4 Å². The van der Waals surface area contributed by atoms with Crippen molar-refractivity contribution in [2.24, 2.45) is 0 Å². The molecule has 1 aliphatic heterocycles. The Hall–Kier alpha value is -3.06. The summed E-state index contributed by atoms with van der Waals surface area (Å²) in [5.74, 6) is -1.29. The van der Waals surface area contributed by atoms with Crippen molar-refractivity contribution < 1.29 is 23.9 Å². The molecular weight excluding hydrogens is 394 g/mol. The minimum absolute atomic E-state index is 0.00533. The van der Waals surface area contributed by atoms with Crippen LogP contribution in [0.3, 0.4) is 0 Å². The monoisotopic (exact) mass is 413 g/mol. The third-order valence-corrected chi connectivity index (χ3v) is 5.48. The maximum Gasteiger partial charge on any atom is 0.264 e. The van der Waals surface area contributed by atoms with Gasteiger partial charge in [-0.15, -0.1) is 11.3 Å². The fourth-order valence-corrected chi connectivity index (χ4v) is 3.79. The number of ether oxygens (including phenoxy) is 2. The maximum atomic E-state index is 13.1. The first-order valence-corrected chi connectivity index (χ1v) is 9.65. The first kappa shape index (κ1) is 20.7. The number of methoxy groups -OCH3 is 2. The van der Waals surface area contributed by atoms with E-state index < -0.39 is 24.1 Å². The minimum atomic E-state index is -0.972. The van der Waals surface area contributed by atoms with Crippen LogP contribution in [0.5, 0.6) is 0 Å². The number of imide groups is 1. The minimum Gasteiger partial charge on any atom is -0.354 e. The van der Waals surface area contributed by atoms with Crippen LogP contribution in [0.15, 0.2) is 41.8 Å². The van der Waals surface area contributed by atoms with Gasteiger partial charge in [0, 0.05) is 14.2 Å². The predicted octanol–water partition coefficient (Wildman–Crippen LogP) is 2.01. The number of hydrogen-bond donors (Lipinski definition) is 0. The van der Waals surface area contributed by atoms with Crippen LogP contribution in [0, 0.1) is 11.3 Å². The molecule has 8 nitrogen and oxygen atoms in total. The molecule has 0 aliphatic carbocycles. The number of benzene rings is 1. The molecule has 1 aliphatic rings. The van der Waals surface area contributed by atoms with Gasteiger partial charge in [0.15, 0.2) is 6.29 Å². The van der Waals surface area contributed by atoms with E-state index in [2.05, 4.69) is 0 Å². The highest BCUT2D eigenvalue weighted by molar-refractivity contribution is 7.12. The van der Waals surface area contributed by atoms with Crippen LogP contribution >= 0.6 is 11.3 Å². The molecule has 0 bridgehead atoms. The zero-order chi connectivity index (χ0) is 21.0. The average Bonchev–Trinajstić information content (AvgIpc) is 3.37. The van der Waals surface area contributed by atoms with Crippen LogP contribution in [-0.4, -0.2) is 55.7 Å². The lowest BCUT2D eigenvalue weighted by Gasteiger charge is -2.29. The van der Waals surface area contributed by atoms with Gasteiger partial charge < -0.3 is 14.4 Å². The lowest BCUT2D eigenvalue weighted by Crippen LogP contribution is -2.49. The molecule has 0 radical (unpaired) electrons. The molecule has 0 spiro atoms. The van der Waals surface area contributed by atoms with E-state index in [4.69, 9.17) is 14.7 Å². The van der Waals surface area contributed by atoms with Crippen LogP contribution in [0.1, 0.15) is 21.7 Å². The second-order valence-electron chi connectivity index (χ2n) is 6.28. The third-order valence-electron chi connectivity index (χ3n) is 4.62. The summed E-state index contributed by atoms with van der Waals surface area (Å²) in [4.78, 5) is 41.6. The summed E-state index contributed by atoms with van der Waals surface area (Å²) >= 11 is 1.25. The normalized spacial score (nSPS) is 16.3. The van der Waals surface area contributed by atoms with Crippen LogP contribution < -0.4 is 4.90 Å². The molecule has 0 saturated carbocycles. The van der Waals surface area contributed by atoms with Gasteiger partial charge in [-0.05, 0) is 35.7 Å². The smallest absolute Gasteiger partial charge is 0.264 e. The molecule has 1 fully saturated rings. The molecule has 150 valence electrons. The molecule has 2 aromatic rings. The van der Waals surface area contributed by atoms with Crippen molar-refractivity contribution in [1.82, 2.24) is 4.90 Å². The number of rotatable bonds is 7. The standard InChI is InChI=1S/C20H19N3O5S/c1-27-18(28-2)12-22(20(26)16-4-3-9-29-16)15-10-17(24)23(19(15)25)14-7-5-13(11-21)6-8-14/h3-9,15,18H,10,12H2,1-2H3. The zero-order valence-corrected chi connectivity index (χ0v) is 16.7. The lowest BCUT2D eigenvalue weighted by molar-refractivity contribution is -0.128. The Bertz CT molecular complexity index is 932. The number of nitrogens with zero attached hydrogens (tertiary/aromatic N) is 3. The Labute approximate surface area is 171 Å². The van der Waals surface area contributed by atoms with Gasteiger partial charge in [0.2, 0.25) is 5.91 Å². The molecule has 2 heterocycles. The van der Waals surface area contributed by atoms with E-state index in [1.165, 1.54) is 54.7 Å². The molecule has 1 atom stereocenters. The van der Waals surface area contributed by atoms with E-state index in [9.17, 15) is 14.4 Å². The van der Waals surface area contributed by atoms with E-state index in [1.54, 1.807) is 17.5 Å². The first-order chi connectivity index (χ1) is 14.0. The van der Waals surface area contributed by atoms with Gasteiger partial charge in [0.05, 0.1) is 35.2 Å². The molecule has 1 saturated heterocycles. The summed E-state index contributed by atoms with van der Waals surface area (Å²) in [6.07, 6.45) is -0.887. The van der Waals surface area contributed by atoms with Gasteiger partial charge >= 0.3 is 0 Å². The fourth-order valence-electron chi connectivity index (χ4n) is 3.12. The van der Waals surface area contributed by atoms with Crippen molar-refractivity contribution in [2.75, 3.05) is 25.7 Å². The van der Waals surface area contributed by atoms with Crippen LogP contribution in [0.2, 0.25) is 0 Å². The van der Waals surface area contributed by atoms with Crippen LogP contribution in [-0.2, 0) is 19.1 Å². The number of amides is 3. The zero-order valence-electron chi connectivity index (χ0n) is 15.9. The molecule has 1 aromatic heterocycles. The highest BCUT2D eigenvalue weighted by Gasteiger charge is 2.45. The summed E-state index contributed by atoms with van der Waals surface area (Å²) < 4.78 is 10.4. The number of nitriles is 1. The van der Waals surface area contributed by atoms with Gasteiger partial charge in [0.1, 0.15) is 6.04 Å². The quantitative estimate of drug-likeness (QED) is 0.509. The average molecular weight is 413 g/mol. The van der Waals surface area contributed by atoms with Gasteiger partial charge in [-0.2, -0.15) is 5.26 Å². The maximum absolute atomic E-state index is 13.1. The van der Waals surface area contributed by atoms with Gasteiger partial charge in [-0.1, -0.05) is 6.07 Å². The van der Waals surface area contributed by atoms with Crippen molar-refractivity contribution in [3.05, 3.63) is 52.2 Å². The Morgan fingerprint density at radius 3 is 2.52 bits per heavy atom. The Morgan fingerprint density at radius 1 is 1.28 bits per heavy atom. The van der Waals surface area contributed by atoms with Crippen LogP contribution in [0.4, 0.5) is 5.69 Å². The van der Waals surface area contributed by atoms with Crippen molar-refractivity contribution in [3.8, 4) is 6.07 Å². The van der Waals surface area contributed by atoms with Crippen LogP contribution in [0.25, 0.3) is 0 Å². The second kappa shape index (κ2) is 8.96. The van der Waals surface area contributed by atoms with Crippen molar-refractivity contribution in [1.29, 1.82) is 5.26 Å². The second-order valence-corrected chi connectivity index (χ2v) is 7.23. The topological polar surface area (TPSA) is 99.9 Å². The molecule has 3 rings (SSSR count). The summed E-state index contributed by atoms with van der Waals surface area (Å²) in [5.41, 5.74) is 0.780. The number of hydrogen-bond acceptors (Lipinski definition) is 7. The van der Waals surface area contributed by atoms with E-state index in [-0.39, 0.29) is 18.9 Å². The highest BCUT2D eigenvalue weighted by atomic mass is 32.1. The van der Waals surface area contributed by atoms with E-state index in [0.717, 1.165) is 4.90 Å². The number of thiophene rings is 1. The molecule has 29 heavy (non-hydrogen) atoms. The highest BCUT2D eigenvalue weighted by Crippen LogP contribution is 2.28. The number of carbonyl (C=O) groups excluding carboxylic acids is 3. The molecule has 0 N–H and O–H groups in total. The summed E-state index contributed by atoms with van der Waals surface area (Å²) in [5, 5.41) is 10.7. The largest absolute Gasteiger partial charge is 0.354 e. The first-order valence-electron chi connectivity index (χ1n) is 8.77. The fraction of sp³-hybridized carbons (Fsp3) is 0.300. The number of carbonyl (C=O) groups is 3. The molecule has 1 aromatic carbocycles. The van der Waals surface area contributed by atoms with Gasteiger partial charge in [0.25, 0.3) is 11.8 Å². The predicted molar refractivity (Wildman–Crippen MR) is 105 cm³/mol. The third kappa shape index (κ3) is 4.19. The Kier molecular flexibility index (Phi) is 6.39. The molecule has 1 unspecified atom stereocenters. The SMILES string of the molecule is COC(CN(C(=O)c1cccs1)C1CC(=O)N(c2ccc(C#N)cc2)C1=O)OC.